The highest BCUT2D eigenvalue weighted by Gasteiger charge is 2.00. The predicted octanol–water partition coefficient (Wildman–Crippen LogP) is 4.42. The Hall–Kier alpha value is -0.960. The normalized spacial score (nSPS) is 10.4. The average Bonchev–Trinajstić information content (AvgIpc) is 2.41. The zero-order chi connectivity index (χ0) is 13.9. The molecule has 2 nitrogen and oxygen atoms in total. The first-order valence-corrected chi connectivity index (χ1v) is 8.23. The molecule has 0 unspecified atom stereocenters. The van der Waals surface area contributed by atoms with Gasteiger partial charge in [-0.2, -0.15) is 0 Å². The Bertz CT molecular complexity index is 362. The molecule has 1 aromatic carbocycles. The van der Waals surface area contributed by atoms with Gasteiger partial charge in [0.1, 0.15) is 0 Å². The molecule has 0 aromatic heterocycles. The molecule has 1 aromatic rings. The van der Waals surface area contributed by atoms with Gasteiger partial charge in [-0.25, -0.2) is 0 Å². The molecule has 1 rings (SSSR count). The van der Waals surface area contributed by atoms with Gasteiger partial charge in [0.05, 0.1) is 0 Å². The molecule has 0 heterocycles. The van der Waals surface area contributed by atoms with Crippen LogP contribution in [0.1, 0.15) is 44.2 Å². The number of carbonyl (C=O) groups excluding carboxylic acids is 1. The van der Waals surface area contributed by atoms with Crippen LogP contribution >= 0.6 is 11.8 Å². The van der Waals surface area contributed by atoms with Crippen LogP contribution in [0.15, 0.2) is 24.3 Å². The number of amides is 1. The second-order valence-corrected chi connectivity index (χ2v) is 5.91. The number of unbranched alkanes of at least 4 members (excludes halogenated alkanes) is 2. The highest BCUT2D eigenvalue weighted by Crippen LogP contribution is 2.09. The lowest BCUT2D eigenvalue weighted by molar-refractivity contribution is 0.261. The fraction of sp³-hybridized carbons (Fsp3) is 0.562. The minimum atomic E-state index is 0.0821. The molecule has 1 amide bonds. The molecule has 0 spiro atoms. The molecular weight excluding hydrogens is 254 g/mol. The fourth-order valence-electron chi connectivity index (χ4n) is 1.94. The van der Waals surface area contributed by atoms with E-state index in [0.29, 0.717) is 0 Å². The zero-order valence-corrected chi connectivity index (χ0v) is 12.9. The Balaban J connectivity index is 2.26. The van der Waals surface area contributed by atoms with Gasteiger partial charge in [0, 0.05) is 6.54 Å². The summed E-state index contributed by atoms with van der Waals surface area (Å²) in [6.45, 7) is 4.94. The van der Waals surface area contributed by atoms with Crippen LogP contribution in [0.5, 0.6) is 0 Å². The second-order valence-electron chi connectivity index (χ2n) is 4.67. The first-order valence-electron chi connectivity index (χ1n) is 7.24. The van der Waals surface area contributed by atoms with E-state index in [2.05, 4.69) is 36.5 Å². The van der Waals surface area contributed by atoms with Crippen molar-refractivity contribution in [1.82, 2.24) is 5.32 Å². The number of hydrogen-bond donors (Lipinski definition) is 1. The van der Waals surface area contributed by atoms with E-state index in [1.54, 1.807) is 0 Å². The van der Waals surface area contributed by atoms with Crippen LogP contribution in [-0.2, 0) is 12.8 Å². The monoisotopic (exact) mass is 279 g/mol. The van der Waals surface area contributed by atoms with Crippen molar-refractivity contribution in [1.29, 1.82) is 0 Å². The molecule has 0 atom stereocenters. The van der Waals surface area contributed by atoms with Crippen molar-refractivity contribution >= 4 is 17.0 Å². The van der Waals surface area contributed by atoms with Crippen molar-refractivity contribution in [2.24, 2.45) is 0 Å². The van der Waals surface area contributed by atoms with E-state index >= 15 is 0 Å². The van der Waals surface area contributed by atoms with Gasteiger partial charge >= 0.3 is 0 Å². The van der Waals surface area contributed by atoms with Crippen molar-refractivity contribution < 1.29 is 4.79 Å². The molecular formula is C16H25NOS. The van der Waals surface area contributed by atoms with Crippen molar-refractivity contribution in [2.45, 2.75) is 46.0 Å². The van der Waals surface area contributed by atoms with Crippen LogP contribution in [0.3, 0.4) is 0 Å². The van der Waals surface area contributed by atoms with E-state index in [1.807, 2.05) is 6.92 Å². The fourth-order valence-corrected chi connectivity index (χ4v) is 2.41. The minimum Gasteiger partial charge on any atom is -0.347 e. The largest absolute Gasteiger partial charge is 0.347 e. The molecule has 0 bridgehead atoms. The summed E-state index contributed by atoms with van der Waals surface area (Å²) >= 11 is 1.33. The Morgan fingerprint density at radius 2 is 1.68 bits per heavy atom. The number of rotatable bonds is 8. The van der Waals surface area contributed by atoms with E-state index in [1.165, 1.54) is 48.6 Å². The van der Waals surface area contributed by atoms with Gasteiger partial charge in [0.25, 0.3) is 5.24 Å². The molecule has 19 heavy (non-hydrogen) atoms. The third-order valence-corrected chi connectivity index (χ3v) is 3.75. The van der Waals surface area contributed by atoms with Gasteiger partial charge < -0.3 is 5.32 Å². The van der Waals surface area contributed by atoms with Crippen molar-refractivity contribution in [3.8, 4) is 0 Å². The zero-order valence-electron chi connectivity index (χ0n) is 12.1. The maximum atomic E-state index is 11.3. The Morgan fingerprint density at radius 3 is 2.26 bits per heavy atom. The topological polar surface area (TPSA) is 29.1 Å². The summed E-state index contributed by atoms with van der Waals surface area (Å²) in [6, 6.07) is 8.79. The summed E-state index contributed by atoms with van der Waals surface area (Å²) in [4.78, 5) is 11.3. The number of carbonyl (C=O) groups is 1. The molecule has 0 fully saturated rings. The smallest absolute Gasteiger partial charge is 0.279 e. The van der Waals surface area contributed by atoms with Crippen LogP contribution in [0.2, 0.25) is 0 Å². The van der Waals surface area contributed by atoms with Crippen molar-refractivity contribution in [3.05, 3.63) is 35.4 Å². The first kappa shape index (κ1) is 16.1. The summed E-state index contributed by atoms with van der Waals surface area (Å²) in [6.07, 6.45) is 5.94. The SMILES string of the molecule is CCCCCc1ccc(CCNC(=O)SCC)cc1. The summed E-state index contributed by atoms with van der Waals surface area (Å²) in [7, 11) is 0. The van der Waals surface area contributed by atoms with Crippen LogP contribution in [-0.4, -0.2) is 17.5 Å². The van der Waals surface area contributed by atoms with E-state index in [9.17, 15) is 4.79 Å². The van der Waals surface area contributed by atoms with Crippen LogP contribution in [0.25, 0.3) is 0 Å². The third-order valence-electron chi connectivity index (χ3n) is 3.05. The lowest BCUT2D eigenvalue weighted by Crippen LogP contribution is -2.21. The van der Waals surface area contributed by atoms with E-state index in [0.717, 1.165) is 18.7 Å². The highest BCUT2D eigenvalue weighted by atomic mass is 32.2. The quantitative estimate of drug-likeness (QED) is 0.713. The standard InChI is InChI=1S/C16H25NOS/c1-3-5-6-7-14-8-10-15(11-9-14)12-13-17-16(18)19-4-2/h8-11H,3-7,12-13H2,1-2H3,(H,17,18). The molecule has 0 radical (unpaired) electrons. The van der Waals surface area contributed by atoms with E-state index in [4.69, 9.17) is 0 Å². The van der Waals surface area contributed by atoms with Gasteiger partial charge in [-0.15, -0.1) is 0 Å². The maximum absolute atomic E-state index is 11.3. The van der Waals surface area contributed by atoms with E-state index < -0.39 is 0 Å². The van der Waals surface area contributed by atoms with Gasteiger partial charge in [-0.1, -0.05) is 62.7 Å². The summed E-state index contributed by atoms with van der Waals surface area (Å²) in [5.74, 6) is 0.832. The van der Waals surface area contributed by atoms with Gasteiger partial charge in [0.2, 0.25) is 0 Å². The van der Waals surface area contributed by atoms with Crippen LogP contribution in [0.4, 0.5) is 4.79 Å². The number of nitrogens with one attached hydrogen (secondary N) is 1. The molecule has 0 aliphatic heterocycles. The van der Waals surface area contributed by atoms with Gasteiger partial charge in [0.15, 0.2) is 0 Å². The number of thioether (sulfide) groups is 1. The second kappa shape index (κ2) is 9.90. The minimum absolute atomic E-state index is 0.0821. The Labute approximate surface area is 121 Å². The number of benzene rings is 1. The van der Waals surface area contributed by atoms with E-state index in [-0.39, 0.29) is 5.24 Å². The lowest BCUT2D eigenvalue weighted by atomic mass is 10.0. The Morgan fingerprint density at radius 1 is 1.05 bits per heavy atom. The molecule has 0 saturated heterocycles. The highest BCUT2D eigenvalue weighted by molar-refractivity contribution is 8.13. The lowest BCUT2D eigenvalue weighted by Gasteiger charge is -2.05. The summed E-state index contributed by atoms with van der Waals surface area (Å²) < 4.78 is 0. The van der Waals surface area contributed by atoms with Gasteiger partial charge in [-0.3, -0.25) is 4.79 Å². The predicted molar refractivity (Wildman–Crippen MR) is 84.9 cm³/mol. The molecule has 106 valence electrons. The van der Waals surface area contributed by atoms with Gasteiger partial charge in [-0.05, 0) is 36.1 Å². The first-order chi connectivity index (χ1) is 9.26. The van der Waals surface area contributed by atoms with Crippen LogP contribution < -0.4 is 5.32 Å². The average molecular weight is 279 g/mol. The number of aryl methyl sites for hydroxylation is 1. The molecule has 0 aliphatic rings. The van der Waals surface area contributed by atoms with Crippen molar-refractivity contribution in [3.63, 3.8) is 0 Å². The third kappa shape index (κ3) is 7.26. The van der Waals surface area contributed by atoms with Crippen molar-refractivity contribution in [2.75, 3.05) is 12.3 Å². The maximum Gasteiger partial charge on any atom is 0.279 e. The Kier molecular flexibility index (Phi) is 8.39. The van der Waals surface area contributed by atoms with Crippen LogP contribution in [0, 0.1) is 0 Å². The molecule has 0 aliphatic carbocycles. The molecule has 0 saturated carbocycles. The molecule has 3 heteroatoms. The number of hydrogen-bond acceptors (Lipinski definition) is 2. The molecule has 1 N–H and O–H groups in total. The summed E-state index contributed by atoms with van der Waals surface area (Å²) in [5, 5.41) is 2.99. The summed E-state index contributed by atoms with van der Waals surface area (Å²) in [5.41, 5.74) is 2.71.